The van der Waals surface area contributed by atoms with Gasteiger partial charge in [0.2, 0.25) is 23.8 Å². The summed E-state index contributed by atoms with van der Waals surface area (Å²) < 4.78 is 0. The molecule has 2 fully saturated rings. The Bertz CT molecular complexity index is 2350. The minimum absolute atomic E-state index is 0. The summed E-state index contributed by atoms with van der Waals surface area (Å²) in [5, 5.41) is 80.3. The molecule has 2 aromatic rings. The molecule has 2 saturated heterocycles. The molecule has 0 saturated carbocycles. The van der Waals surface area contributed by atoms with Gasteiger partial charge < -0.3 is 67.2 Å². The summed E-state index contributed by atoms with van der Waals surface area (Å²) in [4.78, 5) is 129. The van der Waals surface area contributed by atoms with E-state index < -0.39 is 72.4 Å². The van der Waals surface area contributed by atoms with Crippen LogP contribution >= 0.6 is 0 Å². The number of rotatable bonds is 34. The van der Waals surface area contributed by atoms with Crippen molar-refractivity contribution in [1.29, 1.82) is 0 Å². The van der Waals surface area contributed by atoms with Crippen molar-refractivity contribution in [3.8, 4) is 0 Å². The van der Waals surface area contributed by atoms with E-state index in [9.17, 15) is 73.8 Å². The summed E-state index contributed by atoms with van der Waals surface area (Å²) >= 11 is 0. The minimum atomic E-state index is -1.51. The number of amides is 3. The Morgan fingerprint density at radius 2 is 1.06 bits per heavy atom. The van der Waals surface area contributed by atoms with Gasteiger partial charge in [0.05, 0.1) is 26.2 Å². The van der Waals surface area contributed by atoms with E-state index in [-0.39, 0.29) is 128 Å². The monoisotopic (exact) mass is 1300 g/mol. The molecule has 3 heterocycles. The first kappa shape index (κ1) is 69.0. The van der Waals surface area contributed by atoms with Crippen LogP contribution in [-0.2, 0) is 44.8 Å². The summed E-state index contributed by atoms with van der Waals surface area (Å²) in [5.41, 5.74) is 1.48. The Morgan fingerprint density at radius 1 is 0.531 bits per heavy atom. The first-order chi connectivity index (χ1) is 38.2. The fourth-order valence-corrected chi connectivity index (χ4v) is 9.29. The number of anilines is 4. The molecular formula is C51H79LuN13O16+3. The van der Waals surface area contributed by atoms with Gasteiger partial charge in [-0.25, -0.2) is 14.4 Å². The average Bonchev–Trinajstić information content (AvgIpc) is 3.41. The molecule has 4 rings (SSSR count). The van der Waals surface area contributed by atoms with E-state index in [1.807, 2.05) is 24.3 Å². The maximum Gasteiger partial charge on any atom is 3.00 e. The SMILES string of the molecule is O=C(O)CC[C@H](NC(=O)N[C@@H](CCCCNC(=O)CCCCCCCNc1nc(Nc2ccc(CC3CN(CC(=O)O)CCN(CC(=O)O)CCN(CC(=O)O)CCN3CC(=O)O)cc2)nc(N2CCCCC2)n1)C(=O)O)C(=O)O.[Lu+3]. The van der Waals surface area contributed by atoms with Crippen molar-refractivity contribution in [3.63, 3.8) is 0 Å². The minimum Gasteiger partial charge on any atom is -0.481 e. The van der Waals surface area contributed by atoms with Gasteiger partial charge in [-0.15, -0.1) is 0 Å². The number of aliphatic carboxylic acids is 7. The van der Waals surface area contributed by atoms with Crippen molar-refractivity contribution in [2.45, 2.75) is 114 Å². The third-order valence-corrected chi connectivity index (χ3v) is 13.5. The number of piperidine rings is 1. The maximum absolute atomic E-state index is 12.4. The standard InChI is InChI=1S/C51H79N13O16.Lu/c65-40(52-19-8-6-11-38(46(76)77)55-51(80)56-39(47(78)79)17-18-41(66)67)12-5-2-1-3-7-20-53-48-57-49(59-50(58-48)63-21-9-4-10-22-63)54-36-15-13-35(14-16-36)29-37-30-62(33-44(72)73)26-25-60(31-42(68)69)23-24-61(32-43(70)71)27-28-64(37)34-45(74)75;/h13-16,37-39H,1-12,17-34H2,(H,52,65)(H,66,67)(H,68,69)(H,70,71)(H,72,73)(H,74,75)(H,76,77)(H,78,79)(H2,55,56,80)(H2,53,54,57,58,59);/q;+3/t37?,38-,39-;/m0./s1. The first-order valence-electron chi connectivity index (χ1n) is 27.1. The summed E-state index contributed by atoms with van der Waals surface area (Å²) in [7, 11) is 0. The average molecular weight is 1310 g/mol. The van der Waals surface area contributed by atoms with E-state index in [1.54, 1.807) is 19.6 Å². The van der Waals surface area contributed by atoms with Crippen LogP contribution < -0.4 is 31.5 Å². The van der Waals surface area contributed by atoms with E-state index in [0.29, 0.717) is 68.7 Å². The fourth-order valence-electron chi connectivity index (χ4n) is 9.29. The zero-order chi connectivity index (χ0) is 58.4. The maximum atomic E-state index is 12.4. The molecule has 3 amide bonds. The molecule has 12 N–H and O–H groups in total. The molecule has 3 atom stereocenters. The van der Waals surface area contributed by atoms with Gasteiger partial charge in [-0.2, -0.15) is 15.0 Å². The van der Waals surface area contributed by atoms with Crippen LogP contribution in [0.3, 0.4) is 0 Å². The molecular weight excluding hydrogens is 1230 g/mol. The Morgan fingerprint density at radius 3 is 1.65 bits per heavy atom. The molecule has 2 aliphatic rings. The van der Waals surface area contributed by atoms with Crippen LogP contribution in [0, 0.1) is 36.9 Å². The number of nitrogens with one attached hydrogen (secondary N) is 5. The van der Waals surface area contributed by atoms with Gasteiger partial charge in [-0.05, 0) is 81.9 Å². The van der Waals surface area contributed by atoms with Gasteiger partial charge in [-0.3, -0.25) is 48.4 Å². The third kappa shape index (κ3) is 28.8. The molecule has 456 valence electrons. The molecule has 0 aliphatic carbocycles. The number of carboxylic acids is 7. The van der Waals surface area contributed by atoms with E-state index >= 15 is 0 Å². The van der Waals surface area contributed by atoms with Gasteiger partial charge in [0.1, 0.15) is 12.1 Å². The number of benzene rings is 1. The zero-order valence-corrected chi connectivity index (χ0v) is 47.1. The van der Waals surface area contributed by atoms with Crippen LogP contribution in [0.2, 0.25) is 0 Å². The second-order valence-electron chi connectivity index (χ2n) is 20.0. The topological polar surface area (TPSA) is 410 Å². The summed E-state index contributed by atoms with van der Waals surface area (Å²) in [6.45, 7) is 2.34. The molecule has 1 unspecified atom stereocenters. The predicted octanol–water partition coefficient (Wildman–Crippen LogP) is 1.19. The van der Waals surface area contributed by atoms with Crippen LogP contribution in [0.5, 0.6) is 0 Å². The van der Waals surface area contributed by atoms with Gasteiger partial charge in [0.15, 0.2) is 0 Å². The van der Waals surface area contributed by atoms with Gasteiger partial charge in [0.25, 0.3) is 0 Å². The Hall–Kier alpha value is -6.27. The van der Waals surface area contributed by atoms with Crippen molar-refractivity contribution in [3.05, 3.63) is 29.8 Å². The number of urea groups is 1. The van der Waals surface area contributed by atoms with Crippen LogP contribution in [0.15, 0.2) is 24.3 Å². The van der Waals surface area contributed by atoms with Gasteiger partial charge >= 0.3 is 84.7 Å². The second kappa shape index (κ2) is 37.7. The van der Waals surface area contributed by atoms with Crippen LogP contribution in [0.1, 0.15) is 95.5 Å². The zero-order valence-electron chi connectivity index (χ0n) is 45.4. The van der Waals surface area contributed by atoms with Crippen LogP contribution in [0.25, 0.3) is 0 Å². The van der Waals surface area contributed by atoms with Crippen LogP contribution in [0.4, 0.5) is 28.3 Å². The second-order valence-corrected chi connectivity index (χ2v) is 20.0. The predicted molar refractivity (Wildman–Crippen MR) is 289 cm³/mol. The normalized spacial score (nSPS) is 16.7. The number of carbonyl (C=O) groups is 9. The molecule has 2 aliphatic heterocycles. The first-order valence-corrected chi connectivity index (χ1v) is 27.1. The van der Waals surface area contributed by atoms with Gasteiger partial charge in [-0.1, -0.05) is 31.4 Å². The summed E-state index contributed by atoms with van der Waals surface area (Å²) in [5.74, 6) is -7.27. The number of hydrogen-bond acceptors (Lipinski definition) is 19. The third-order valence-electron chi connectivity index (χ3n) is 13.5. The number of aromatic nitrogens is 3. The Balaban J connectivity index is 0.0000172. The molecule has 29 nitrogen and oxygen atoms in total. The number of hydrogen-bond donors (Lipinski definition) is 12. The molecule has 0 spiro atoms. The Kier molecular flexibility index (Phi) is 32.1. The summed E-state index contributed by atoms with van der Waals surface area (Å²) in [6.07, 6.45) is 7.73. The van der Waals surface area contributed by atoms with Crippen molar-refractivity contribution in [2.24, 2.45) is 0 Å². The van der Waals surface area contributed by atoms with Crippen LogP contribution in [-0.4, -0.2) is 240 Å². The Labute approximate surface area is 498 Å². The van der Waals surface area contributed by atoms with Crippen molar-refractivity contribution < 1.29 is 116 Å². The molecule has 1 aromatic heterocycles. The number of unbranched alkanes of at least 4 members (excludes halogenated alkanes) is 5. The fraction of sp³-hybridized carbons (Fsp3) is 0.647. The molecule has 0 radical (unpaired) electrons. The molecule has 0 bridgehead atoms. The van der Waals surface area contributed by atoms with Crippen molar-refractivity contribution in [1.82, 2.24) is 50.5 Å². The van der Waals surface area contributed by atoms with Gasteiger partial charge in [0, 0.05) is 96.6 Å². The molecule has 30 heteroatoms. The van der Waals surface area contributed by atoms with Crippen molar-refractivity contribution >= 4 is 77.3 Å². The van der Waals surface area contributed by atoms with E-state index in [0.717, 1.165) is 63.6 Å². The summed E-state index contributed by atoms with van der Waals surface area (Å²) in [6, 6.07) is 3.02. The molecule has 81 heavy (non-hydrogen) atoms. The molecule has 1 aromatic carbocycles. The quantitative estimate of drug-likeness (QED) is 0.0438. The van der Waals surface area contributed by atoms with E-state index in [4.69, 9.17) is 15.1 Å². The number of carboxylic acid groups (broad SMARTS) is 7. The largest absolute Gasteiger partial charge is 3.00 e. The number of carbonyl (C=O) groups excluding carboxylic acids is 2. The van der Waals surface area contributed by atoms with E-state index in [1.165, 1.54) is 0 Å². The smallest absolute Gasteiger partial charge is 0.481 e. The van der Waals surface area contributed by atoms with Crippen molar-refractivity contribution in [2.75, 3.05) is 114 Å². The van der Waals surface area contributed by atoms with E-state index in [2.05, 4.69) is 36.5 Å². The number of nitrogens with zero attached hydrogens (tertiary/aromatic N) is 8.